The molecule has 0 aromatic heterocycles. The molecule has 0 aliphatic carbocycles. The van der Waals surface area contributed by atoms with Crippen LogP contribution in [0.1, 0.15) is 194 Å². The fraction of sp³-hybridized carbons (Fsp3) is 0.833. The van der Waals surface area contributed by atoms with Crippen molar-refractivity contribution in [3.8, 4) is 0 Å². The summed E-state index contributed by atoms with van der Waals surface area (Å²) in [5.74, 6) is -1.33. The molecule has 0 heterocycles. The van der Waals surface area contributed by atoms with Gasteiger partial charge in [0.05, 0.1) is 0 Å². The van der Waals surface area contributed by atoms with Gasteiger partial charge in [-0.3, -0.25) is 9.59 Å². The molecule has 0 atom stereocenters. The van der Waals surface area contributed by atoms with Gasteiger partial charge in [-0.1, -0.05) is 141 Å². The molecule has 0 saturated carbocycles. The van der Waals surface area contributed by atoms with Crippen LogP contribution in [0.25, 0.3) is 0 Å². The monoisotopic (exact) mass is 646 g/mol. The van der Waals surface area contributed by atoms with E-state index >= 15 is 0 Å². The molecule has 0 spiro atoms. The van der Waals surface area contributed by atoms with Crippen LogP contribution >= 0.6 is 0 Å². The van der Waals surface area contributed by atoms with Gasteiger partial charge in [0.2, 0.25) is 0 Å². The third-order valence-corrected chi connectivity index (χ3v) is 7.30. The van der Waals surface area contributed by atoms with Crippen LogP contribution in [-0.2, 0) is 9.59 Å². The summed E-state index contributed by atoms with van der Waals surface area (Å²) >= 11 is 0. The average Bonchev–Trinajstić information content (AvgIpc) is 2.93. The minimum absolute atomic E-state index is 0. The van der Waals surface area contributed by atoms with E-state index < -0.39 is 11.9 Å². The van der Waals surface area contributed by atoms with E-state index in [1.54, 1.807) is 0 Å². The number of hydrogen-bond donors (Lipinski definition) is 2. The van der Waals surface area contributed by atoms with Crippen molar-refractivity contribution < 1.29 is 19.8 Å². The summed E-state index contributed by atoms with van der Waals surface area (Å²) < 4.78 is 0. The molecular formula is C36H70O4Se. The van der Waals surface area contributed by atoms with Gasteiger partial charge in [0.1, 0.15) is 0 Å². The molecule has 0 unspecified atom stereocenters. The maximum absolute atomic E-state index is 10.3. The number of rotatable bonds is 30. The zero-order valence-electron chi connectivity index (χ0n) is 27.3. The van der Waals surface area contributed by atoms with Crippen molar-refractivity contribution in [1.82, 2.24) is 0 Å². The third-order valence-electron chi connectivity index (χ3n) is 7.30. The van der Waals surface area contributed by atoms with E-state index in [1.165, 1.54) is 141 Å². The average molecular weight is 646 g/mol. The van der Waals surface area contributed by atoms with Crippen LogP contribution < -0.4 is 0 Å². The Morgan fingerprint density at radius 2 is 0.610 bits per heavy atom. The molecule has 0 saturated heterocycles. The van der Waals surface area contributed by atoms with E-state index in [0.29, 0.717) is 12.8 Å². The topological polar surface area (TPSA) is 74.6 Å². The van der Waals surface area contributed by atoms with Gasteiger partial charge in [0, 0.05) is 12.8 Å². The predicted octanol–water partition coefficient (Wildman–Crippen LogP) is 11.3. The molecule has 5 heteroatoms. The van der Waals surface area contributed by atoms with E-state index in [0.717, 1.165) is 25.7 Å². The van der Waals surface area contributed by atoms with Crippen LogP contribution in [0.2, 0.25) is 0 Å². The van der Waals surface area contributed by atoms with Gasteiger partial charge in [-0.05, 0) is 64.2 Å². The molecule has 2 N–H and O–H groups in total. The first kappa shape index (κ1) is 44.4. The van der Waals surface area contributed by atoms with Gasteiger partial charge in [0.15, 0.2) is 0 Å². The molecule has 0 aromatic rings. The first-order chi connectivity index (χ1) is 19.5. The fourth-order valence-corrected chi connectivity index (χ4v) is 4.69. The molecule has 0 aromatic carbocycles. The SMILES string of the molecule is CCCCCCCC/C=C\CCCCCCCC(=O)O.CCCCCCCC/C=C\CCCCCCCC(=O)O.[SeH2]. The summed E-state index contributed by atoms with van der Waals surface area (Å²) in [7, 11) is 0. The van der Waals surface area contributed by atoms with Crippen molar-refractivity contribution in [2.24, 2.45) is 0 Å². The second-order valence-electron chi connectivity index (χ2n) is 11.5. The maximum atomic E-state index is 10.3. The molecule has 0 rings (SSSR count). The number of allylic oxidation sites excluding steroid dienone is 4. The number of carbonyl (C=O) groups is 2. The third kappa shape index (κ3) is 49.0. The quantitative estimate of drug-likeness (QED) is 0.0463. The Hall–Kier alpha value is -1.06. The van der Waals surface area contributed by atoms with Crippen LogP contribution in [0.4, 0.5) is 0 Å². The Morgan fingerprint density at radius 3 is 0.854 bits per heavy atom. The number of carboxylic acids is 2. The molecule has 0 radical (unpaired) electrons. The normalized spacial score (nSPS) is 11.0. The molecule has 244 valence electrons. The number of aliphatic carboxylic acids is 2. The van der Waals surface area contributed by atoms with Gasteiger partial charge in [-0.15, -0.1) is 0 Å². The molecule has 0 fully saturated rings. The molecule has 0 bridgehead atoms. The fourth-order valence-electron chi connectivity index (χ4n) is 4.69. The van der Waals surface area contributed by atoms with Crippen LogP contribution in [0, 0.1) is 0 Å². The molecule has 41 heavy (non-hydrogen) atoms. The Morgan fingerprint density at radius 1 is 0.390 bits per heavy atom. The predicted molar refractivity (Wildman–Crippen MR) is 183 cm³/mol. The Bertz CT molecular complexity index is 524. The summed E-state index contributed by atoms with van der Waals surface area (Å²) in [4.78, 5) is 20.6. The summed E-state index contributed by atoms with van der Waals surface area (Å²) in [6, 6.07) is 0. The molecule has 4 nitrogen and oxygen atoms in total. The first-order valence-electron chi connectivity index (χ1n) is 17.3. The zero-order valence-corrected chi connectivity index (χ0v) is 29.4. The van der Waals surface area contributed by atoms with Gasteiger partial charge < -0.3 is 10.2 Å². The van der Waals surface area contributed by atoms with E-state index in [4.69, 9.17) is 10.2 Å². The van der Waals surface area contributed by atoms with E-state index in [9.17, 15) is 9.59 Å². The van der Waals surface area contributed by atoms with Crippen LogP contribution in [0.5, 0.6) is 0 Å². The van der Waals surface area contributed by atoms with Crippen LogP contribution in [0.3, 0.4) is 0 Å². The number of unbranched alkanes of at least 4 members (excludes halogenated alkanes) is 22. The zero-order chi connectivity index (χ0) is 29.8. The van der Waals surface area contributed by atoms with E-state index in [2.05, 4.69) is 38.2 Å². The Kier molecular flexibility index (Phi) is 44.5. The second-order valence-corrected chi connectivity index (χ2v) is 11.5. The summed E-state index contributed by atoms with van der Waals surface area (Å²) in [6.07, 6.45) is 42.5. The Balaban J connectivity index is -0.000000688. The van der Waals surface area contributed by atoms with Crippen molar-refractivity contribution >= 4 is 29.0 Å². The first-order valence-corrected chi connectivity index (χ1v) is 17.3. The summed E-state index contributed by atoms with van der Waals surface area (Å²) in [5.41, 5.74) is 0. The van der Waals surface area contributed by atoms with Gasteiger partial charge in [0.25, 0.3) is 0 Å². The molecule has 0 aliphatic heterocycles. The van der Waals surface area contributed by atoms with Crippen molar-refractivity contribution in [3.63, 3.8) is 0 Å². The Labute approximate surface area is 266 Å². The van der Waals surface area contributed by atoms with Crippen molar-refractivity contribution in [2.75, 3.05) is 0 Å². The summed E-state index contributed by atoms with van der Waals surface area (Å²) in [6.45, 7) is 4.52. The number of carboxylic acid groups (broad SMARTS) is 2. The second kappa shape index (κ2) is 41.1. The van der Waals surface area contributed by atoms with Crippen LogP contribution in [0.15, 0.2) is 24.3 Å². The van der Waals surface area contributed by atoms with Crippen molar-refractivity contribution in [2.45, 2.75) is 194 Å². The number of hydrogen-bond acceptors (Lipinski definition) is 2. The minimum atomic E-state index is -0.664. The summed E-state index contributed by atoms with van der Waals surface area (Å²) in [5, 5.41) is 17.0. The molecule has 0 amide bonds. The van der Waals surface area contributed by atoms with Gasteiger partial charge in [-0.2, -0.15) is 0 Å². The van der Waals surface area contributed by atoms with Gasteiger partial charge in [-0.25, -0.2) is 0 Å². The van der Waals surface area contributed by atoms with E-state index in [1.807, 2.05) is 0 Å². The van der Waals surface area contributed by atoms with Gasteiger partial charge >= 0.3 is 29.0 Å². The van der Waals surface area contributed by atoms with E-state index in [-0.39, 0.29) is 17.1 Å². The standard InChI is InChI=1S/2C18H34O2.H2Se/c2*1-2-3-4-5-6-7-8-9-10-11-12-13-14-15-16-17-18(19)20;/h2*9-10H,2-8,11-17H2,1H3,(H,19,20);1H2/b2*10-9-;. The molecule has 0 aliphatic rings. The molecular weight excluding hydrogens is 575 g/mol. The van der Waals surface area contributed by atoms with Crippen molar-refractivity contribution in [3.05, 3.63) is 24.3 Å². The van der Waals surface area contributed by atoms with Crippen LogP contribution in [-0.4, -0.2) is 39.2 Å². The van der Waals surface area contributed by atoms with Crippen molar-refractivity contribution in [1.29, 1.82) is 0 Å².